The van der Waals surface area contributed by atoms with E-state index in [1.807, 2.05) is 0 Å². The van der Waals surface area contributed by atoms with E-state index >= 15 is 0 Å². The molecule has 0 bridgehead atoms. The molecule has 16 heavy (non-hydrogen) atoms. The van der Waals surface area contributed by atoms with Crippen molar-refractivity contribution in [1.29, 1.82) is 0 Å². The zero-order valence-electron chi connectivity index (χ0n) is 8.67. The lowest BCUT2D eigenvalue weighted by Gasteiger charge is -2.04. The quantitative estimate of drug-likeness (QED) is 0.783. The van der Waals surface area contributed by atoms with Gasteiger partial charge in [0.25, 0.3) is 0 Å². The fourth-order valence-electron chi connectivity index (χ4n) is 0.860. The normalized spacial score (nSPS) is 12.6. The van der Waals surface area contributed by atoms with Crippen LogP contribution in [0.1, 0.15) is 5.56 Å². The maximum absolute atomic E-state index is 11.4. The highest BCUT2D eigenvalue weighted by Gasteiger charge is 2.17. The molecule has 0 atom stereocenters. The summed E-state index contributed by atoms with van der Waals surface area (Å²) in [6.45, 7) is 1.80. The molecule has 8 heteroatoms. The Balaban J connectivity index is 2.91. The molecule has 0 aliphatic carbocycles. The Kier molecular flexibility index (Phi) is 3.68. The summed E-state index contributed by atoms with van der Waals surface area (Å²) < 4.78 is 48.4. The molecule has 0 amide bonds. The summed E-state index contributed by atoms with van der Waals surface area (Å²) in [5, 5.41) is 0. The number of sulfonamides is 1. The molecule has 0 aliphatic heterocycles. The number of hydrogen-bond acceptors (Lipinski definition) is 5. The van der Waals surface area contributed by atoms with E-state index in [4.69, 9.17) is 0 Å². The van der Waals surface area contributed by atoms with Gasteiger partial charge in [-0.25, -0.2) is 8.42 Å². The van der Waals surface area contributed by atoms with E-state index in [-0.39, 0.29) is 4.90 Å². The molecule has 0 heterocycles. The SMILES string of the molecule is Cc1ccc(S(=O)(=O)ONS(C)(=O)=O)cc1. The van der Waals surface area contributed by atoms with Crippen molar-refractivity contribution >= 4 is 20.1 Å². The molecule has 0 aliphatic rings. The van der Waals surface area contributed by atoms with Crippen molar-refractivity contribution in [1.82, 2.24) is 4.89 Å². The smallest absolute Gasteiger partial charge is 0.211 e. The third kappa shape index (κ3) is 3.89. The second-order valence-corrected chi connectivity index (χ2v) is 6.46. The molecule has 1 rings (SSSR count). The van der Waals surface area contributed by atoms with Crippen LogP contribution in [0.15, 0.2) is 29.2 Å². The van der Waals surface area contributed by atoms with E-state index in [2.05, 4.69) is 4.28 Å². The average Bonchev–Trinajstić information content (AvgIpc) is 2.15. The monoisotopic (exact) mass is 265 g/mol. The minimum atomic E-state index is -4.10. The molecule has 1 N–H and O–H groups in total. The Morgan fingerprint density at radius 2 is 1.56 bits per heavy atom. The Labute approximate surface area is 94.4 Å². The van der Waals surface area contributed by atoms with Crippen LogP contribution in [-0.2, 0) is 24.4 Å². The van der Waals surface area contributed by atoms with Crippen LogP contribution in [0.4, 0.5) is 0 Å². The number of hydrogen-bond donors (Lipinski definition) is 1. The number of aryl methyl sites for hydroxylation is 1. The molecule has 1 aromatic rings. The fourth-order valence-corrected chi connectivity index (χ4v) is 2.28. The number of nitrogens with one attached hydrogen (secondary N) is 1. The van der Waals surface area contributed by atoms with Gasteiger partial charge in [0.05, 0.1) is 11.2 Å². The third-order valence-electron chi connectivity index (χ3n) is 1.60. The lowest BCUT2D eigenvalue weighted by Crippen LogP contribution is -2.26. The molecule has 1 aromatic carbocycles. The first-order valence-corrected chi connectivity index (χ1v) is 7.47. The van der Waals surface area contributed by atoms with Crippen LogP contribution in [0.2, 0.25) is 0 Å². The van der Waals surface area contributed by atoms with Crippen molar-refractivity contribution in [3.8, 4) is 0 Å². The van der Waals surface area contributed by atoms with E-state index in [0.717, 1.165) is 11.8 Å². The topological polar surface area (TPSA) is 89.5 Å². The summed E-state index contributed by atoms with van der Waals surface area (Å²) in [5.74, 6) is 0. The van der Waals surface area contributed by atoms with Gasteiger partial charge in [0, 0.05) is 0 Å². The van der Waals surface area contributed by atoms with Gasteiger partial charge in [-0.2, -0.15) is 12.7 Å². The van der Waals surface area contributed by atoms with Gasteiger partial charge in [-0.3, -0.25) is 0 Å². The summed E-state index contributed by atoms with van der Waals surface area (Å²) in [6.07, 6.45) is 0.789. The van der Waals surface area contributed by atoms with Crippen molar-refractivity contribution in [2.75, 3.05) is 6.26 Å². The van der Waals surface area contributed by atoms with E-state index in [9.17, 15) is 16.8 Å². The average molecular weight is 265 g/mol. The Bertz CT molecular complexity index is 559. The Morgan fingerprint density at radius 1 is 1.06 bits per heavy atom. The van der Waals surface area contributed by atoms with Gasteiger partial charge < -0.3 is 0 Å². The predicted molar refractivity (Wildman–Crippen MR) is 57.4 cm³/mol. The molecular formula is C8H11NO5S2. The molecule has 6 nitrogen and oxygen atoms in total. The van der Waals surface area contributed by atoms with Crippen LogP contribution in [0.25, 0.3) is 0 Å². The number of rotatable bonds is 4. The second kappa shape index (κ2) is 4.50. The molecule has 0 spiro atoms. The first-order valence-electron chi connectivity index (χ1n) is 4.18. The summed E-state index contributed by atoms with van der Waals surface area (Å²) in [5.41, 5.74) is 0.884. The van der Waals surface area contributed by atoms with Gasteiger partial charge in [0.2, 0.25) is 10.0 Å². The van der Waals surface area contributed by atoms with E-state index in [0.29, 0.717) is 0 Å². The molecule has 0 radical (unpaired) electrons. The van der Waals surface area contributed by atoms with Gasteiger partial charge in [-0.15, -0.1) is 0 Å². The van der Waals surface area contributed by atoms with Crippen molar-refractivity contribution in [3.05, 3.63) is 29.8 Å². The highest BCUT2D eigenvalue weighted by atomic mass is 32.2. The minimum Gasteiger partial charge on any atom is -0.211 e. The van der Waals surface area contributed by atoms with Gasteiger partial charge in [-0.05, 0) is 19.1 Å². The summed E-state index contributed by atoms with van der Waals surface area (Å²) in [4.78, 5) is 1.34. The Morgan fingerprint density at radius 3 is 2.00 bits per heavy atom. The zero-order chi connectivity index (χ0) is 12.4. The summed E-state index contributed by atoms with van der Waals surface area (Å²) >= 11 is 0. The first-order chi connectivity index (χ1) is 7.21. The highest BCUT2D eigenvalue weighted by Crippen LogP contribution is 2.12. The minimum absolute atomic E-state index is 0.116. The lowest BCUT2D eigenvalue weighted by atomic mass is 10.2. The molecule has 90 valence electrons. The van der Waals surface area contributed by atoms with Crippen LogP contribution in [-0.4, -0.2) is 23.1 Å². The van der Waals surface area contributed by atoms with E-state index in [1.54, 1.807) is 19.1 Å². The predicted octanol–water partition coefficient (Wildman–Crippen LogP) is 0.165. The van der Waals surface area contributed by atoms with Crippen LogP contribution in [0.3, 0.4) is 0 Å². The molecule has 0 fully saturated rings. The zero-order valence-corrected chi connectivity index (χ0v) is 10.3. The Hall–Kier alpha value is -0.960. The van der Waals surface area contributed by atoms with Gasteiger partial charge in [0.15, 0.2) is 0 Å². The van der Waals surface area contributed by atoms with Gasteiger partial charge >= 0.3 is 10.1 Å². The van der Waals surface area contributed by atoms with Crippen LogP contribution in [0, 0.1) is 6.92 Å². The van der Waals surface area contributed by atoms with Crippen LogP contribution in [0.5, 0.6) is 0 Å². The second-order valence-electron chi connectivity index (χ2n) is 3.21. The lowest BCUT2D eigenvalue weighted by molar-refractivity contribution is 0.274. The third-order valence-corrected chi connectivity index (χ3v) is 3.25. The highest BCUT2D eigenvalue weighted by molar-refractivity contribution is 7.90. The van der Waals surface area contributed by atoms with Gasteiger partial charge in [-0.1, -0.05) is 22.6 Å². The van der Waals surface area contributed by atoms with Gasteiger partial charge in [0.1, 0.15) is 0 Å². The molecular weight excluding hydrogens is 254 g/mol. The van der Waals surface area contributed by atoms with E-state index < -0.39 is 20.1 Å². The van der Waals surface area contributed by atoms with Crippen LogP contribution >= 0.6 is 0 Å². The van der Waals surface area contributed by atoms with Crippen molar-refractivity contribution < 1.29 is 21.1 Å². The molecule has 0 saturated heterocycles. The molecule has 0 saturated carbocycles. The largest absolute Gasteiger partial charge is 0.313 e. The van der Waals surface area contributed by atoms with Crippen molar-refractivity contribution in [3.63, 3.8) is 0 Å². The maximum Gasteiger partial charge on any atom is 0.313 e. The van der Waals surface area contributed by atoms with Crippen molar-refractivity contribution in [2.45, 2.75) is 11.8 Å². The fraction of sp³-hybridized carbons (Fsp3) is 0.250. The number of benzene rings is 1. The molecule has 0 aromatic heterocycles. The van der Waals surface area contributed by atoms with Crippen LogP contribution < -0.4 is 4.89 Å². The maximum atomic E-state index is 11.4. The van der Waals surface area contributed by atoms with E-state index in [1.165, 1.54) is 17.0 Å². The summed E-state index contributed by atoms with van der Waals surface area (Å²) in [7, 11) is -7.83. The summed E-state index contributed by atoms with van der Waals surface area (Å²) in [6, 6.07) is 5.82. The van der Waals surface area contributed by atoms with Crippen molar-refractivity contribution in [2.24, 2.45) is 0 Å². The molecule has 0 unspecified atom stereocenters. The first kappa shape index (κ1) is 13.1. The standard InChI is InChI=1S/C8H11NO5S2/c1-7-3-5-8(6-4-7)16(12,13)14-9-15(2,10)11/h3-6,9H,1-2H3.